The van der Waals surface area contributed by atoms with Crippen LogP contribution < -0.4 is 9.64 Å². The monoisotopic (exact) mass is 513 g/mol. The zero-order chi connectivity index (χ0) is 25.1. The van der Waals surface area contributed by atoms with Crippen molar-refractivity contribution in [2.75, 3.05) is 38.2 Å². The van der Waals surface area contributed by atoms with Gasteiger partial charge in [-0.05, 0) is 49.9 Å². The molecule has 36 heavy (non-hydrogen) atoms. The summed E-state index contributed by atoms with van der Waals surface area (Å²) < 4.78 is 31.3. The number of piperidine rings is 2. The van der Waals surface area contributed by atoms with Crippen molar-refractivity contribution in [2.24, 2.45) is 5.92 Å². The van der Waals surface area contributed by atoms with Crippen molar-refractivity contribution >= 4 is 23.1 Å². The molecule has 2 aromatic heterocycles. The number of ether oxygens (including phenoxy) is 1. The van der Waals surface area contributed by atoms with Crippen LogP contribution in [0.3, 0.4) is 0 Å². The van der Waals surface area contributed by atoms with Crippen molar-refractivity contribution in [1.29, 1.82) is 0 Å². The highest BCUT2D eigenvalue weighted by molar-refractivity contribution is 7.10. The van der Waals surface area contributed by atoms with Crippen LogP contribution in [-0.2, 0) is 0 Å². The first-order valence-electron chi connectivity index (χ1n) is 12.3. The normalized spacial score (nSPS) is 17.6. The second-order valence-electron chi connectivity index (χ2n) is 9.27. The highest BCUT2D eigenvalue weighted by Crippen LogP contribution is 2.36. The molecular formula is C26H29F2N5O2S. The van der Waals surface area contributed by atoms with Gasteiger partial charge in [0.05, 0.1) is 17.8 Å². The lowest BCUT2D eigenvalue weighted by atomic mass is 9.97. The molecule has 0 radical (unpaired) electrons. The Hall–Kier alpha value is -3.14. The van der Waals surface area contributed by atoms with E-state index >= 15 is 0 Å². The zero-order valence-corrected chi connectivity index (χ0v) is 21.0. The number of carbonyl (C=O) groups excluding carboxylic acids is 1. The first kappa shape index (κ1) is 24.5. The Morgan fingerprint density at radius 3 is 2.44 bits per heavy atom. The molecule has 0 unspecified atom stereocenters. The van der Waals surface area contributed by atoms with Gasteiger partial charge < -0.3 is 14.5 Å². The number of likely N-dealkylation sites (tertiary alicyclic amines) is 1. The standard InChI is InChI=1S/C26H29F2N5O2S/c1-35-22-5-3-2-4-19(22)21-16-36-25(29-21)18-10-14-33(15-11-18)26(34)20-6-7-23(31-30-20)32-12-8-17(9-13-32)24(27)28/h2-7,16-18,24H,8-15H2,1H3. The number of thiazole rings is 1. The molecule has 1 aromatic carbocycles. The molecule has 0 N–H and O–H groups in total. The Morgan fingerprint density at radius 2 is 1.78 bits per heavy atom. The van der Waals surface area contributed by atoms with Gasteiger partial charge in [-0.1, -0.05) is 12.1 Å². The molecule has 190 valence electrons. The van der Waals surface area contributed by atoms with Crippen LogP contribution in [0.15, 0.2) is 41.8 Å². The van der Waals surface area contributed by atoms with Crippen molar-refractivity contribution in [1.82, 2.24) is 20.1 Å². The maximum atomic E-state index is 13.0. The largest absolute Gasteiger partial charge is 0.496 e. The molecule has 0 aliphatic carbocycles. The molecule has 2 fully saturated rings. The number of halogens is 2. The topological polar surface area (TPSA) is 71.5 Å². The number of carbonyl (C=O) groups is 1. The SMILES string of the molecule is COc1ccccc1-c1csc(C2CCN(C(=O)c3ccc(N4CCC(C(F)F)CC4)nn3)CC2)n1. The number of alkyl halides is 2. The third kappa shape index (κ3) is 5.18. The summed E-state index contributed by atoms with van der Waals surface area (Å²) in [5, 5.41) is 11.5. The number of nitrogens with zero attached hydrogens (tertiary/aromatic N) is 5. The fraction of sp³-hybridized carbons (Fsp3) is 0.462. The van der Waals surface area contributed by atoms with Gasteiger partial charge in [-0.15, -0.1) is 21.5 Å². The molecule has 10 heteroatoms. The maximum Gasteiger partial charge on any atom is 0.274 e. The summed E-state index contributed by atoms with van der Waals surface area (Å²) in [6.45, 7) is 2.33. The van der Waals surface area contributed by atoms with E-state index in [0.717, 1.165) is 34.9 Å². The maximum absolute atomic E-state index is 13.0. The lowest BCUT2D eigenvalue weighted by Crippen LogP contribution is -2.39. The highest BCUT2D eigenvalue weighted by Gasteiger charge is 2.29. The van der Waals surface area contributed by atoms with Crippen LogP contribution in [0, 0.1) is 5.92 Å². The Morgan fingerprint density at radius 1 is 1.03 bits per heavy atom. The molecule has 0 spiro atoms. The Bertz CT molecular complexity index is 1170. The molecule has 5 rings (SSSR count). The lowest BCUT2D eigenvalue weighted by Gasteiger charge is -2.32. The minimum absolute atomic E-state index is 0.127. The predicted octanol–water partition coefficient (Wildman–Crippen LogP) is 5.11. The number of anilines is 1. The average molecular weight is 514 g/mol. The minimum Gasteiger partial charge on any atom is -0.496 e. The number of aromatic nitrogens is 3. The van der Waals surface area contributed by atoms with Crippen LogP contribution in [0.2, 0.25) is 0 Å². The Kier molecular flexibility index (Phi) is 7.41. The smallest absolute Gasteiger partial charge is 0.274 e. The van der Waals surface area contributed by atoms with E-state index in [2.05, 4.69) is 15.6 Å². The third-order valence-electron chi connectivity index (χ3n) is 7.13. The number of rotatable bonds is 6. The molecule has 0 bridgehead atoms. The van der Waals surface area contributed by atoms with Crippen molar-refractivity contribution in [3.05, 3.63) is 52.5 Å². The highest BCUT2D eigenvalue weighted by atomic mass is 32.1. The van der Waals surface area contributed by atoms with E-state index in [1.165, 1.54) is 0 Å². The van der Waals surface area contributed by atoms with Gasteiger partial charge in [0.1, 0.15) is 5.75 Å². The van der Waals surface area contributed by atoms with Crippen LogP contribution >= 0.6 is 11.3 Å². The van der Waals surface area contributed by atoms with Crippen LogP contribution in [-0.4, -0.2) is 65.7 Å². The van der Waals surface area contributed by atoms with Gasteiger partial charge in [-0.25, -0.2) is 13.8 Å². The summed E-state index contributed by atoms with van der Waals surface area (Å²) >= 11 is 1.65. The van der Waals surface area contributed by atoms with Gasteiger partial charge >= 0.3 is 0 Å². The third-order valence-corrected chi connectivity index (χ3v) is 8.13. The molecule has 1 amide bonds. The molecular weight excluding hydrogens is 484 g/mol. The number of benzene rings is 1. The van der Waals surface area contributed by atoms with Crippen molar-refractivity contribution < 1.29 is 18.3 Å². The second kappa shape index (κ2) is 10.9. The summed E-state index contributed by atoms with van der Waals surface area (Å²) in [6.07, 6.45) is 0.292. The summed E-state index contributed by atoms with van der Waals surface area (Å²) in [7, 11) is 1.66. The van der Waals surface area contributed by atoms with Gasteiger partial charge in [0.15, 0.2) is 11.5 Å². The number of hydrogen-bond donors (Lipinski definition) is 0. The zero-order valence-electron chi connectivity index (χ0n) is 20.1. The van der Waals surface area contributed by atoms with Gasteiger partial charge in [0.2, 0.25) is 6.43 Å². The van der Waals surface area contributed by atoms with Crippen LogP contribution in [0.5, 0.6) is 5.75 Å². The van der Waals surface area contributed by atoms with Gasteiger partial charge in [0, 0.05) is 49.0 Å². The van der Waals surface area contributed by atoms with Crippen molar-refractivity contribution in [2.45, 2.75) is 38.0 Å². The van der Waals surface area contributed by atoms with Crippen molar-refractivity contribution in [3.8, 4) is 17.0 Å². The molecule has 2 saturated heterocycles. The number of amides is 1. The average Bonchev–Trinajstić information content (AvgIpc) is 3.43. The second-order valence-corrected chi connectivity index (χ2v) is 10.2. The molecule has 7 nitrogen and oxygen atoms in total. The van der Waals surface area contributed by atoms with E-state index in [4.69, 9.17) is 9.72 Å². The van der Waals surface area contributed by atoms with E-state index in [1.54, 1.807) is 30.6 Å². The molecule has 3 aromatic rings. The van der Waals surface area contributed by atoms with Crippen LogP contribution in [0.25, 0.3) is 11.3 Å². The Labute approximate surface area is 213 Å². The Balaban J connectivity index is 1.16. The van der Waals surface area contributed by atoms with E-state index in [-0.39, 0.29) is 5.91 Å². The summed E-state index contributed by atoms with van der Waals surface area (Å²) in [5.74, 6) is 1.08. The number of para-hydroxylation sites is 1. The molecule has 2 aliphatic rings. The number of hydrogen-bond acceptors (Lipinski definition) is 7. The fourth-order valence-electron chi connectivity index (χ4n) is 4.94. The predicted molar refractivity (Wildman–Crippen MR) is 135 cm³/mol. The molecule has 0 saturated carbocycles. The first-order valence-corrected chi connectivity index (χ1v) is 13.2. The van der Waals surface area contributed by atoms with Crippen LogP contribution in [0.1, 0.15) is 47.1 Å². The molecule has 2 aliphatic heterocycles. The van der Waals surface area contributed by atoms with E-state index in [1.807, 2.05) is 34.1 Å². The summed E-state index contributed by atoms with van der Waals surface area (Å²) in [6, 6.07) is 11.3. The summed E-state index contributed by atoms with van der Waals surface area (Å²) in [5.41, 5.74) is 2.21. The van der Waals surface area contributed by atoms with E-state index < -0.39 is 12.3 Å². The van der Waals surface area contributed by atoms with Gasteiger partial charge in [-0.3, -0.25) is 4.79 Å². The number of methoxy groups -OCH3 is 1. The fourth-order valence-corrected chi connectivity index (χ4v) is 5.93. The summed E-state index contributed by atoms with van der Waals surface area (Å²) in [4.78, 5) is 21.7. The van der Waals surface area contributed by atoms with Crippen molar-refractivity contribution in [3.63, 3.8) is 0 Å². The quantitative estimate of drug-likeness (QED) is 0.456. The van der Waals surface area contributed by atoms with E-state index in [0.29, 0.717) is 56.5 Å². The lowest BCUT2D eigenvalue weighted by molar-refractivity contribution is 0.0634. The van der Waals surface area contributed by atoms with E-state index in [9.17, 15) is 13.6 Å². The van der Waals surface area contributed by atoms with Gasteiger partial charge in [-0.2, -0.15) is 0 Å². The van der Waals surface area contributed by atoms with Crippen LogP contribution in [0.4, 0.5) is 14.6 Å². The van der Waals surface area contributed by atoms with Gasteiger partial charge in [0.25, 0.3) is 5.91 Å². The minimum atomic E-state index is -2.27. The first-order chi connectivity index (χ1) is 17.5. The molecule has 0 atom stereocenters. The molecule has 4 heterocycles.